The van der Waals surface area contributed by atoms with Gasteiger partial charge in [-0.05, 0) is 25.2 Å². The fourth-order valence-electron chi connectivity index (χ4n) is 3.52. The monoisotopic (exact) mass is 263 g/mol. The third-order valence-electron chi connectivity index (χ3n) is 4.74. The zero-order chi connectivity index (χ0) is 13.8. The van der Waals surface area contributed by atoms with Gasteiger partial charge in [-0.25, -0.2) is 0 Å². The minimum absolute atomic E-state index is 0.115. The molecule has 2 rings (SSSR count). The normalized spacial score (nSPS) is 33.2. The van der Waals surface area contributed by atoms with E-state index in [9.17, 15) is 10.1 Å². The van der Waals surface area contributed by atoms with Crippen molar-refractivity contribution in [1.82, 2.24) is 9.80 Å². The summed E-state index contributed by atoms with van der Waals surface area (Å²) in [4.78, 5) is 15.9. The number of carbonyl (C=O) groups is 1. The van der Waals surface area contributed by atoms with Crippen LogP contribution in [0.2, 0.25) is 0 Å². The molecule has 3 atom stereocenters. The lowest BCUT2D eigenvalue weighted by Gasteiger charge is -2.43. The van der Waals surface area contributed by atoms with Crippen LogP contribution in [0.15, 0.2) is 0 Å². The number of nitriles is 1. The fraction of sp³-hybridized carbons (Fsp3) is 0.867. The van der Waals surface area contributed by atoms with E-state index in [2.05, 4.69) is 17.9 Å². The Morgan fingerprint density at radius 1 is 1.37 bits per heavy atom. The van der Waals surface area contributed by atoms with Crippen molar-refractivity contribution >= 4 is 5.91 Å². The minimum atomic E-state index is 0.115. The van der Waals surface area contributed by atoms with Crippen LogP contribution in [0.1, 0.15) is 39.0 Å². The molecule has 0 aromatic heterocycles. The van der Waals surface area contributed by atoms with Gasteiger partial charge in [-0.2, -0.15) is 5.26 Å². The van der Waals surface area contributed by atoms with Crippen LogP contribution in [-0.2, 0) is 4.79 Å². The molecule has 1 aliphatic carbocycles. The number of hydrogen-bond donors (Lipinski definition) is 0. The molecular weight excluding hydrogens is 238 g/mol. The third-order valence-corrected chi connectivity index (χ3v) is 4.74. The molecule has 0 aromatic rings. The summed E-state index contributed by atoms with van der Waals surface area (Å²) in [5.74, 6) is 1.05. The highest BCUT2D eigenvalue weighted by Gasteiger charge is 2.36. The Labute approximate surface area is 116 Å². The van der Waals surface area contributed by atoms with Crippen LogP contribution in [0.25, 0.3) is 0 Å². The van der Waals surface area contributed by atoms with E-state index in [1.165, 1.54) is 19.3 Å². The summed E-state index contributed by atoms with van der Waals surface area (Å²) >= 11 is 0. The van der Waals surface area contributed by atoms with Crippen LogP contribution in [0.5, 0.6) is 0 Å². The Kier molecular flexibility index (Phi) is 4.81. The first-order chi connectivity index (χ1) is 9.15. The number of rotatable bonds is 3. The molecule has 0 aromatic carbocycles. The van der Waals surface area contributed by atoms with Gasteiger partial charge in [0.25, 0.3) is 0 Å². The molecule has 1 aliphatic heterocycles. The summed E-state index contributed by atoms with van der Waals surface area (Å²) in [6.45, 7) is 4.44. The molecule has 1 heterocycles. The van der Waals surface area contributed by atoms with E-state index < -0.39 is 0 Å². The number of likely N-dealkylation sites (N-methyl/N-ethyl adjacent to an activating group) is 1. The number of piperazine rings is 1. The van der Waals surface area contributed by atoms with Gasteiger partial charge in [0.2, 0.25) is 5.91 Å². The smallest absolute Gasteiger partial charge is 0.236 e. The van der Waals surface area contributed by atoms with Crippen LogP contribution in [0, 0.1) is 23.2 Å². The maximum atomic E-state index is 11.9. The quantitative estimate of drug-likeness (QED) is 0.781. The van der Waals surface area contributed by atoms with E-state index >= 15 is 0 Å². The zero-order valence-corrected chi connectivity index (χ0v) is 12.1. The van der Waals surface area contributed by atoms with Crippen molar-refractivity contribution < 1.29 is 4.79 Å². The predicted octanol–water partition coefficient (Wildman–Crippen LogP) is 1.87. The van der Waals surface area contributed by atoms with E-state index in [0.717, 1.165) is 31.8 Å². The van der Waals surface area contributed by atoms with E-state index in [1.54, 1.807) is 4.90 Å². The average Bonchev–Trinajstić information content (AvgIpc) is 2.42. The van der Waals surface area contributed by atoms with Gasteiger partial charge in [-0.3, -0.25) is 9.69 Å². The molecule has 2 fully saturated rings. The second-order valence-electron chi connectivity index (χ2n) is 6.06. The molecule has 0 N–H and O–H groups in total. The Balaban J connectivity index is 2.02. The molecule has 1 amide bonds. The number of hydrogen-bond acceptors (Lipinski definition) is 3. The Bertz CT molecular complexity index is 363. The molecule has 19 heavy (non-hydrogen) atoms. The number of amides is 1. The zero-order valence-electron chi connectivity index (χ0n) is 12.1. The maximum absolute atomic E-state index is 11.9. The Morgan fingerprint density at radius 3 is 2.79 bits per heavy atom. The molecule has 1 saturated heterocycles. The number of nitrogens with zero attached hydrogens (tertiary/aromatic N) is 3. The molecule has 106 valence electrons. The van der Waals surface area contributed by atoms with Gasteiger partial charge in [0.15, 0.2) is 0 Å². The topological polar surface area (TPSA) is 47.3 Å². The Hall–Kier alpha value is -1.08. The minimum Gasteiger partial charge on any atom is -0.343 e. The summed E-state index contributed by atoms with van der Waals surface area (Å²) < 4.78 is 0. The first kappa shape index (κ1) is 14.3. The molecule has 3 unspecified atom stereocenters. The van der Waals surface area contributed by atoms with Gasteiger partial charge in [0, 0.05) is 26.2 Å². The highest BCUT2D eigenvalue weighted by Crippen LogP contribution is 2.34. The average molecular weight is 263 g/mol. The van der Waals surface area contributed by atoms with Crippen LogP contribution in [0.3, 0.4) is 0 Å². The van der Waals surface area contributed by atoms with Crippen molar-refractivity contribution in [3.63, 3.8) is 0 Å². The molecule has 4 nitrogen and oxygen atoms in total. The molecule has 0 bridgehead atoms. The molecule has 0 radical (unpaired) electrons. The van der Waals surface area contributed by atoms with E-state index in [4.69, 9.17) is 0 Å². The molecule has 2 aliphatic rings. The SMILES string of the molecule is CCCC1CCC(C#N)C(N2CCN(C)C(=O)C2)C1. The van der Waals surface area contributed by atoms with Crippen molar-refractivity contribution in [2.24, 2.45) is 11.8 Å². The van der Waals surface area contributed by atoms with Gasteiger partial charge >= 0.3 is 0 Å². The van der Waals surface area contributed by atoms with Crippen molar-refractivity contribution in [3.8, 4) is 6.07 Å². The summed E-state index contributed by atoms with van der Waals surface area (Å²) in [5.41, 5.74) is 0. The lowest BCUT2D eigenvalue weighted by atomic mass is 9.76. The summed E-state index contributed by atoms with van der Waals surface area (Å²) in [7, 11) is 1.86. The summed E-state index contributed by atoms with van der Waals surface area (Å²) in [6.07, 6.45) is 5.77. The van der Waals surface area contributed by atoms with Crippen LogP contribution in [0.4, 0.5) is 0 Å². The van der Waals surface area contributed by atoms with Crippen molar-refractivity contribution in [2.45, 2.75) is 45.1 Å². The van der Waals surface area contributed by atoms with Crippen molar-refractivity contribution in [2.75, 3.05) is 26.7 Å². The van der Waals surface area contributed by atoms with E-state index in [0.29, 0.717) is 12.6 Å². The lowest BCUT2D eigenvalue weighted by Crippen LogP contribution is -2.55. The van der Waals surface area contributed by atoms with Gasteiger partial charge in [-0.1, -0.05) is 19.8 Å². The van der Waals surface area contributed by atoms with E-state index in [-0.39, 0.29) is 11.8 Å². The van der Waals surface area contributed by atoms with Gasteiger partial charge in [0.05, 0.1) is 18.5 Å². The predicted molar refractivity (Wildman–Crippen MR) is 74.4 cm³/mol. The second kappa shape index (κ2) is 6.38. The molecule has 0 spiro atoms. The third kappa shape index (κ3) is 3.27. The first-order valence-electron chi connectivity index (χ1n) is 7.53. The molecule has 1 saturated carbocycles. The largest absolute Gasteiger partial charge is 0.343 e. The first-order valence-corrected chi connectivity index (χ1v) is 7.53. The highest BCUT2D eigenvalue weighted by atomic mass is 16.2. The van der Waals surface area contributed by atoms with Gasteiger partial charge in [0.1, 0.15) is 0 Å². The van der Waals surface area contributed by atoms with Crippen molar-refractivity contribution in [3.05, 3.63) is 0 Å². The molecular formula is C15H25N3O. The number of carbonyl (C=O) groups excluding carboxylic acids is 1. The molecule has 4 heteroatoms. The highest BCUT2D eigenvalue weighted by molar-refractivity contribution is 5.78. The summed E-state index contributed by atoms with van der Waals surface area (Å²) in [6, 6.07) is 2.77. The maximum Gasteiger partial charge on any atom is 0.236 e. The van der Waals surface area contributed by atoms with E-state index in [1.807, 2.05) is 7.05 Å². The van der Waals surface area contributed by atoms with Gasteiger partial charge in [-0.15, -0.1) is 0 Å². The standard InChI is InChI=1S/C15H25N3O/c1-3-4-12-5-6-13(10-16)14(9-12)18-8-7-17(2)15(19)11-18/h12-14H,3-9,11H2,1-2H3. The second-order valence-corrected chi connectivity index (χ2v) is 6.06. The lowest BCUT2D eigenvalue weighted by molar-refractivity contribution is -0.136. The van der Waals surface area contributed by atoms with Crippen LogP contribution in [-0.4, -0.2) is 48.4 Å². The fourth-order valence-corrected chi connectivity index (χ4v) is 3.52. The van der Waals surface area contributed by atoms with Crippen molar-refractivity contribution in [1.29, 1.82) is 5.26 Å². The van der Waals surface area contributed by atoms with Gasteiger partial charge < -0.3 is 4.90 Å². The van der Waals surface area contributed by atoms with Crippen LogP contribution >= 0.6 is 0 Å². The Morgan fingerprint density at radius 2 is 2.16 bits per heavy atom. The summed E-state index contributed by atoms with van der Waals surface area (Å²) in [5, 5.41) is 9.35. The van der Waals surface area contributed by atoms with Crippen LogP contribution < -0.4 is 0 Å².